The van der Waals surface area contributed by atoms with Gasteiger partial charge in [-0.15, -0.1) is 0 Å². The van der Waals surface area contributed by atoms with Gasteiger partial charge in [-0.25, -0.2) is 4.98 Å². The summed E-state index contributed by atoms with van der Waals surface area (Å²) in [7, 11) is 0. The molecule has 1 N–H and O–H groups in total. The summed E-state index contributed by atoms with van der Waals surface area (Å²) >= 11 is 0. The number of aryl methyl sites for hydroxylation is 1. The molecule has 118 valence electrons. The van der Waals surface area contributed by atoms with E-state index in [0.717, 1.165) is 10.6 Å². The van der Waals surface area contributed by atoms with Gasteiger partial charge in [0, 0.05) is 0 Å². The number of aromatic nitrogens is 2. The van der Waals surface area contributed by atoms with Crippen molar-refractivity contribution in [3.8, 4) is 11.4 Å². The largest absolute Gasteiger partial charge is 0.508 e. The number of aromatic hydroxyl groups is 1. The van der Waals surface area contributed by atoms with Crippen molar-refractivity contribution in [1.29, 1.82) is 0 Å². The van der Waals surface area contributed by atoms with Crippen molar-refractivity contribution in [1.82, 2.24) is 9.55 Å². The lowest BCUT2D eigenvalue weighted by atomic mass is 10.1. The summed E-state index contributed by atoms with van der Waals surface area (Å²) < 4.78 is 40.5. The lowest BCUT2D eigenvalue weighted by molar-refractivity contribution is -0.137. The molecule has 3 rings (SSSR count). The van der Waals surface area contributed by atoms with E-state index in [1.165, 1.54) is 43.3 Å². The maximum atomic E-state index is 13.2. The van der Waals surface area contributed by atoms with E-state index in [1.54, 1.807) is 0 Å². The number of benzene rings is 2. The maximum Gasteiger partial charge on any atom is 0.418 e. The maximum absolute atomic E-state index is 13.2. The van der Waals surface area contributed by atoms with Gasteiger partial charge in [-0.3, -0.25) is 9.36 Å². The summed E-state index contributed by atoms with van der Waals surface area (Å²) in [6.07, 6.45) is -4.60. The number of hydrogen-bond acceptors (Lipinski definition) is 3. The second-order valence-electron chi connectivity index (χ2n) is 5.02. The molecule has 0 aliphatic carbocycles. The first-order valence-corrected chi connectivity index (χ1v) is 6.68. The van der Waals surface area contributed by atoms with Crippen LogP contribution >= 0.6 is 0 Å². The summed E-state index contributed by atoms with van der Waals surface area (Å²) in [5.41, 5.74) is -1.57. The molecule has 0 amide bonds. The van der Waals surface area contributed by atoms with Gasteiger partial charge in [0.15, 0.2) is 0 Å². The van der Waals surface area contributed by atoms with Gasteiger partial charge in [0.05, 0.1) is 22.2 Å². The zero-order valence-electron chi connectivity index (χ0n) is 11.9. The van der Waals surface area contributed by atoms with E-state index in [1.807, 2.05) is 0 Å². The van der Waals surface area contributed by atoms with E-state index in [2.05, 4.69) is 4.98 Å². The van der Waals surface area contributed by atoms with Gasteiger partial charge in [-0.05, 0) is 37.3 Å². The van der Waals surface area contributed by atoms with Crippen LogP contribution in [0, 0.1) is 6.92 Å². The Morgan fingerprint density at radius 2 is 1.83 bits per heavy atom. The number of fused-ring (bicyclic) bond motifs is 1. The first kappa shape index (κ1) is 15.1. The molecule has 0 saturated carbocycles. The highest BCUT2D eigenvalue weighted by atomic mass is 19.4. The minimum Gasteiger partial charge on any atom is -0.508 e. The highest BCUT2D eigenvalue weighted by Gasteiger charge is 2.34. The standard InChI is InChI=1S/C16H11F3N2O2/c1-9-20-13-7-6-10(22)8-11(13)15(23)21(9)14-5-3-2-4-12(14)16(17,18)19/h2-8,22H,1H3. The van der Waals surface area contributed by atoms with Gasteiger partial charge in [-0.2, -0.15) is 13.2 Å². The van der Waals surface area contributed by atoms with E-state index in [-0.39, 0.29) is 22.6 Å². The quantitative estimate of drug-likeness (QED) is 0.747. The van der Waals surface area contributed by atoms with Crippen molar-refractivity contribution >= 4 is 10.9 Å². The predicted octanol–water partition coefficient (Wildman–Crippen LogP) is 3.42. The van der Waals surface area contributed by atoms with Gasteiger partial charge in [0.2, 0.25) is 0 Å². The normalized spacial score (nSPS) is 11.8. The summed E-state index contributed by atoms with van der Waals surface area (Å²) in [5.74, 6) is -0.0270. The summed E-state index contributed by atoms with van der Waals surface area (Å²) in [5, 5.41) is 9.56. The van der Waals surface area contributed by atoms with Crippen LogP contribution in [-0.4, -0.2) is 14.7 Å². The number of phenols is 1. The van der Waals surface area contributed by atoms with Gasteiger partial charge >= 0.3 is 6.18 Å². The Balaban J connectivity index is 2.41. The lowest BCUT2D eigenvalue weighted by Gasteiger charge is -2.16. The molecule has 7 heteroatoms. The third kappa shape index (κ3) is 2.54. The molecular weight excluding hydrogens is 309 g/mol. The van der Waals surface area contributed by atoms with Crippen molar-refractivity contribution in [3.63, 3.8) is 0 Å². The minimum absolute atomic E-state index is 0.0487. The SMILES string of the molecule is Cc1nc2ccc(O)cc2c(=O)n1-c1ccccc1C(F)(F)F. The molecule has 1 aromatic heterocycles. The van der Waals surface area contributed by atoms with Crippen LogP contribution in [0.15, 0.2) is 47.3 Å². The molecule has 0 fully saturated rings. The van der Waals surface area contributed by atoms with Gasteiger partial charge in [0.25, 0.3) is 5.56 Å². The molecule has 23 heavy (non-hydrogen) atoms. The number of halogens is 3. The first-order chi connectivity index (χ1) is 10.8. The topological polar surface area (TPSA) is 55.1 Å². The Morgan fingerprint density at radius 3 is 2.52 bits per heavy atom. The average Bonchev–Trinajstić information content (AvgIpc) is 2.48. The molecule has 0 unspecified atom stereocenters. The fourth-order valence-electron chi connectivity index (χ4n) is 2.48. The molecular formula is C16H11F3N2O2. The second kappa shape index (κ2) is 5.12. The Bertz CT molecular complexity index is 962. The lowest BCUT2D eigenvalue weighted by Crippen LogP contribution is -2.25. The van der Waals surface area contributed by atoms with Crippen molar-refractivity contribution in [2.24, 2.45) is 0 Å². The van der Waals surface area contributed by atoms with Crippen molar-refractivity contribution < 1.29 is 18.3 Å². The number of nitrogens with zero attached hydrogens (tertiary/aromatic N) is 2. The predicted molar refractivity (Wildman–Crippen MR) is 78.7 cm³/mol. The average molecular weight is 320 g/mol. The molecule has 2 aromatic carbocycles. The molecule has 0 radical (unpaired) electrons. The second-order valence-corrected chi connectivity index (χ2v) is 5.02. The summed E-state index contributed by atoms with van der Waals surface area (Å²) in [4.78, 5) is 16.8. The van der Waals surface area contributed by atoms with E-state index in [9.17, 15) is 23.1 Å². The molecule has 1 heterocycles. The summed E-state index contributed by atoms with van der Waals surface area (Å²) in [6, 6.07) is 8.80. The van der Waals surface area contributed by atoms with Crippen molar-refractivity contribution in [2.45, 2.75) is 13.1 Å². The highest BCUT2D eigenvalue weighted by molar-refractivity contribution is 5.79. The molecule has 0 aliphatic heterocycles. The monoisotopic (exact) mass is 320 g/mol. The van der Waals surface area contributed by atoms with Crippen LogP contribution in [0.5, 0.6) is 5.75 Å². The smallest absolute Gasteiger partial charge is 0.418 e. The van der Waals surface area contributed by atoms with Crippen LogP contribution in [0.3, 0.4) is 0 Å². The van der Waals surface area contributed by atoms with Gasteiger partial charge < -0.3 is 5.11 Å². The third-order valence-electron chi connectivity index (χ3n) is 3.47. The number of rotatable bonds is 1. The third-order valence-corrected chi connectivity index (χ3v) is 3.47. The van der Waals surface area contributed by atoms with Crippen molar-refractivity contribution in [2.75, 3.05) is 0 Å². The van der Waals surface area contributed by atoms with Crippen LogP contribution in [-0.2, 0) is 6.18 Å². The van der Waals surface area contributed by atoms with Crippen LogP contribution < -0.4 is 5.56 Å². The van der Waals surface area contributed by atoms with Crippen LogP contribution in [0.25, 0.3) is 16.6 Å². The zero-order valence-corrected chi connectivity index (χ0v) is 11.9. The number of alkyl halides is 3. The minimum atomic E-state index is -4.60. The molecule has 0 saturated heterocycles. The Labute approximate surface area is 128 Å². The van der Waals surface area contributed by atoms with Gasteiger partial charge in [-0.1, -0.05) is 12.1 Å². The van der Waals surface area contributed by atoms with Crippen LogP contribution in [0.4, 0.5) is 13.2 Å². The van der Waals surface area contributed by atoms with E-state index in [4.69, 9.17) is 0 Å². The first-order valence-electron chi connectivity index (χ1n) is 6.68. The van der Waals surface area contributed by atoms with Crippen LogP contribution in [0.2, 0.25) is 0 Å². The Morgan fingerprint density at radius 1 is 1.13 bits per heavy atom. The molecule has 4 nitrogen and oxygen atoms in total. The fraction of sp³-hybridized carbons (Fsp3) is 0.125. The molecule has 0 atom stereocenters. The molecule has 3 aromatic rings. The van der Waals surface area contributed by atoms with Gasteiger partial charge in [0.1, 0.15) is 11.6 Å². The van der Waals surface area contributed by atoms with E-state index >= 15 is 0 Å². The van der Waals surface area contributed by atoms with Crippen molar-refractivity contribution in [3.05, 3.63) is 64.2 Å². The van der Waals surface area contributed by atoms with E-state index in [0.29, 0.717) is 5.52 Å². The Kier molecular flexibility index (Phi) is 3.35. The molecule has 0 spiro atoms. The number of para-hydroxylation sites is 1. The van der Waals surface area contributed by atoms with Crippen LogP contribution in [0.1, 0.15) is 11.4 Å². The number of hydrogen-bond donors (Lipinski definition) is 1. The number of phenolic OH excluding ortho intramolecular Hbond substituents is 1. The summed E-state index contributed by atoms with van der Waals surface area (Å²) in [6.45, 7) is 1.46. The van der Waals surface area contributed by atoms with E-state index < -0.39 is 17.3 Å². The molecule has 0 aliphatic rings. The molecule has 0 bridgehead atoms. The fourth-order valence-corrected chi connectivity index (χ4v) is 2.48. The Hall–Kier alpha value is -2.83. The highest BCUT2D eigenvalue weighted by Crippen LogP contribution is 2.33. The zero-order chi connectivity index (χ0) is 16.8.